The Morgan fingerprint density at radius 3 is 2.20 bits per heavy atom. The average Bonchev–Trinajstić information content (AvgIpc) is 3.11. The Hall–Kier alpha value is -2.80. The SMILES string of the molecule is O=S(=O)(Cl)c1ccc(N=c2oc(-c3ccc(Cl)cc3)cn2Cc2ccccc2)cc1. The van der Waals surface area contributed by atoms with Crippen molar-refractivity contribution >= 4 is 37.0 Å². The topological polar surface area (TPSA) is 64.6 Å². The molecule has 0 saturated carbocycles. The highest BCUT2D eigenvalue weighted by molar-refractivity contribution is 8.13. The number of hydrogen-bond acceptors (Lipinski definition) is 4. The second-order valence-electron chi connectivity index (χ2n) is 6.54. The van der Waals surface area contributed by atoms with Crippen LogP contribution in [-0.4, -0.2) is 13.0 Å². The number of halogens is 2. The summed E-state index contributed by atoms with van der Waals surface area (Å²) in [6.07, 6.45) is 1.88. The van der Waals surface area contributed by atoms with Gasteiger partial charge in [-0.15, -0.1) is 0 Å². The van der Waals surface area contributed by atoms with E-state index in [1.165, 1.54) is 12.1 Å². The standard InChI is InChI=1S/C22H16Cl2N2O3S/c23-18-8-6-17(7-9-18)21-15-26(14-16-4-2-1-3-5-16)22(29-21)25-19-10-12-20(13-11-19)30(24,27)28/h1-13,15H,14H2. The minimum Gasteiger partial charge on any atom is -0.423 e. The molecule has 0 radical (unpaired) electrons. The van der Waals surface area contributed by atoms with Gasteiger partial charge in [0.15, 0.2) is 5.76 Å². The van der Waals surface area contributed by atoms with Crippen molar-refractivity contribution in [2.24, 2.45) is 4.99 Å². The highest BCUT2D eigenvalue weighted by atomic mass is 35.7. The Labute approximate surface area is 183 Å². The second-order valence-corrected chi connectivity index (χ2v) is 9.54. The van der Waals surface area contributed by atoms with Crippen molar-refractivity contribution in [2.75, 3.05) is 0 Å². The van der Waals surface area contributed by atoms with Crippen LogP contribution in [0.2, 0.25) is 5.02 Å². The fraction of sp³-hybridized carbons (Fsp3) is 0.0455. The molecule has 5 nitrogen and oxygen atoms in total. The minimum atomic E-state index is -3.79. The van der Waals surface area contributed by atoms with Crippen molar-refractivity contribution in [1.82, 2.24) is 4.57 Å². The van der Waals surface area contributed by atoms with Gasteiger partial charge in [0.2, 0.25) is 0 Å². The van der Waals surface area contributed by atoms with E-state index < -0.39 is 9.05 Å². The minimum absolute atomic E-state index is 0.0153. The van der Waals surface area contributed by atoms with Crippen LogP contribution in [-0.2, 0) is 15.6 Å². The van der Waals surface area contributed by atoms with E-state index in [1.54, 1.807) is 24.3 Å². The van der Waals surface area contributed by atoms with E-state index in [-0.39, 0.29) is 4.90 Å². The Morgan fingerprint density at radius 2 is 1.57 bits per heavy atom. The maximum Gasteiger partial charge on any atom is 0.302 e. The molecular formula is C22H16Cl2N2O3S. The molecule has 3 aromatic carbocycles. The van der Waals surface area contributed by atoms with E-state index >= 15 is 0 Å². The van der Waals surface area contributed by atoms with Crippen molar-refractivity contribution in [2.45, 2.75) is 11.4 Å². The highest BCUT2D eigenvalue weighted by Gasteiger charge is 2.11. The van der Waals surface area contributed by atoms with Crippen LogP contribution >= 0.6 is 22.3 Å². The summed E-state index contributed by atoms with van der Waals surface area (Å²) in [4.78, 5) is 4.57. The lowest BCUT2D eigenvalue weighted by Crippen LogP contribution is -2.15. The molecule has 4 rings (SSSR count). The fourth-order valence-corrected chi connectivity index (χ4v) is 3.80. The van der Waals surface area contributed by atoms with Crippen LogP contribution in [0.1, 0.15) is 5.56 Å². The van der Waals surface area contributed by atoms with Gasteiger partial charge in [-0.25, -0.2) is 8.42 Å². The predicted molar refractivity (Wildman–Crippen MR) is 117 cm³/mol. The van der Waals surface area contributed by atoms with E-state index in [0.717, 1.165) is 11.1 Å². The molecule has 0 atom stereocenters. The largest absolute Gasteiger partial charge is 0.423 e. The van der Waals surface area contributed by atoms with Gasteiger partial charge in [0.05, 0.1) is 23.3 Å². The van der Waals surface area contributed by atoms with Gasteiger partial charge in [-0.05, 0) is 54.1 Å². The van der Waals surface area contributed by atoms with Crippen LogP contribution in [0.5, 0.6) is 0 Å². The first-order valence-corrected chi connectivity index (χ1v) is 11.7. The summed E-state index contributed by atoms with van der Waals surface area (Å²) in [5.74, 6) is 0.640. The number of aromatic nitrogens is 1. The van der Waals surface area contributed by atoms with Crippen molar-refractivity contribution in [3.05, 3.63) is 101 Å². The molecule has 0 N–H and O–H groups in total. The van der Waals surface area contributed by atoms with E-state index in [9.17, 15) is 8.42 Å². The molecule has 0 bridgehead atoms. The van der Waals surface area contributed by atoms with Crippen LogP contribution < -0.4 is 5.68 Å². The number of oxazole rings is 1. The van der Waals surface area contributed by atoms with Crippen LogP contribution in [0.4, 0.5) is 5.69 Å². The summed E-state index contributed by atoms with van der Waals surface area (Å²) in [5.41, 5.74) is 2.88. The maximum absolute atomic E-state index is 11.4. The molecule has 0 aliphatic rings. The third-order valence-corrected chi connectivity index (χ3v) is 6.01. The van der Waals surface area contributed by atoms with Gasteiger partial charge in [-0.3, -0.25) is 4.57 Å². The molecule has 1 heterocycles. The Bertz CT molecular complexity index is 1330. The zero-order valence-electron chi connectivity index (χ0n) is 15.6. The van der Waals surface area contributed by atoms with E-state index in [0.29, 0.717) is 28.7 Å². The molecule has 0 unspecified atom stereocenters. The van der Waals surface area contributed by atoms with Gasteiger partial charge in [-0.2, -0.15) is 4.99 Å². The quantitative estimate of drug-likeness (QED) is 0.365. The zero-order valence-corrected chi connectivity index (χ0v) is 17.9. The van der Waals surface area contributed by atoms with Crippen LogP contribution in [0.25, 0.3) is 11.3 Å². The first-order valence-electron chi connectivity index (χ1n) is 8.98. The van der Waals surface area contributed by atoms with E-state index in [2.05, 4.69) is 4.99 Å². The number of rotatable bonds is 5. The van der Waals surface area contributed by atoms with Crippen LogP contribution in [0, 0.1) is 0 Å². The molecular weight excluding hydrogens is 443 g/mol. The maximum atomic E-state index is 11.4. The number of benzene rings is 3. The average molecular weight is 459 g/mol. The fourth-order valence-electron chi connectivity index (χ4n) is 2.90. The van der Waals surface area contributed by atoms with Crippen LogP contribution in [0.3, 0.4) is 0 Å². The number of nitrogens with zero attached hydrogens (tertiary/aromatic N) is 2. The molecule has 30 heavy (non-hydrogen) atoms. The third-order valence-electron chi connectivity index (χ3n) is 4.39. The van der Waals surface area contributed by atoms with Crippen molar-refractivity contribution < 1.29 is 12.8 Å². The molecule has 0 saturated heterocycles. The molecule has 0 aliphatic carbocycles. The lowest BCUT2D eigenvalue weighted by atomic mass is 10.2. The first-order chi connectivity index (χ1) is 14.4. The van der Waals surface area contributed by atoms with Gasteiger partial charge < -0.3 is 4.42 Å². The van der Waals surface area contributed by atoms with Crippen LogP contribution in [0.15, 0.2) is 99.4 Å². The van der Waals surface area contributed by atoms with E-state index in [1.807, 2.05) is 53.2 Å². The molecule has 0 fully saturated rings. The molecule has 0 spiro atoms. The molecule has 8 heteroatoms. The normalized spacial score (nSPS) is 12.3. The summed E-state index contributed by atoms with van der Waals surface area (Å²) in [7, 11) is 1.59. The smallest absolute Gasteiger partial charge is 0.302 e. The molecule has 152 valence electrons. The van der Waals surface area contributed by atoms with Gasteiger partial charge in [0.1, 0.15) is 0 Å². The summed E-state index contributed by atoms with van der Waals surface area (Å²) >= 11 is 5.99. The van der Waals surface area contributed by atoms with Gasteiger partial charge in [0, 0.05) is 21.3 Å². The van der Waals surface area contributed by atoms with Crippen molar-refractivity contribution in [1.29, 1.82) is 0 Å². The Kier molecular flexibility index (Phi) is 5.81. The number of hydrogen-bond donors (Lipinski definition) is 0. The third kappa shape index (κ3) is 4.84. The molecule has 1 aromatic heterocycles. The summed E-state index contributed by atoms with van der Waals surface area (Å²) in [6, 6.07) is 23.2. The second kappa shape index (κ2) is 8.52. The van der Waals surface area contributed by atoms with Crippen molar-refractivity contribution in [3.63, 3.8) is 0 Å². The van der Waals surface area contributed by atoms with Crippen molar-refractivity contribution in [3.8, 4) is 11.3 Å². The highest BCUT2D eigenvalue weighted by Crippen LogP contribution is 2.22. The Morgan fingerprint density at radius 1 is 0.900 bits per heavy atom. The predicted octanol–water partition coefficient (Wildman–Crippen LogP) is 5.61. The van der Waals surface area contributed by atoms with Gasteiger partial charge in [0.25, 0.3) is 9.05 Å². The zero-order chi connectivity index (χ0) is 21.1. The lowest BCUT2D eigenvalue weighted by molar-refractivity contribution is 0.480. The summed E-state index contributed by atoms with van der Waals surface area (Å²) < 4.78 is 30.8. The van der Waals surface area contributed by atoms with E-state index in [4.69, 9.17) is 26.7 Å². The lowest BCUT2D eigenvalue weighted by Gasteiger charge is -2.02. The van der Waals surface area contributed by atoms with Gasteiger partial charge >= 0.3 is 5.68 Å². The monoisotopic (exact) mass is 458 g/mol. The first kappa shape index (κ1) is 20.5. The molecule has 0 aliphatic heterocycles. The Balaban J connectivity index is 1.78. The molecule has 4 aromatic rings. The molecule has 0 amide bonds. The van der Waals surface area contributed by atoms with Gasteiger partial charge in [-0.1, -0.05) is 41.9 Å². The summed E-state index contributed by atoms with van der Waals surface area (Å²) in [5, 5.41) is 0.640. The summed E-state index contributed by atoms with van der Waals surface area (Å²) in [6.45, 7) is 0.560.